The number of nitrogens with zero attached hydrogens (tertiary/aromatic N) is 1. The second-order valence-corrected chi connectivity index (χ2v) is 6.01. The van der Waals surface area contributed by atoms with Gasteiger partial charge in [-0.2, -0.15) is 0 Å². The molecule has 1 saturated heterocycles. The minimum absolute atomic E-state index is 0.138. The van der Waals surface area contributed by atoms with E-state index in [0.29, 0.717) is 18.7 Å². The van der Waals surface area contributed by atoms with Gasteiger partial charge >= 0.3 is 6.09 Å². The van der Waals surface area contributed by atoms with E-state index in [4.69, 9.17) is 0 Å². The summed E-state index contributed by atoms with van der Waals surface area (Å²) >= 11 is 0. The molecule has 1 unspecified atom stereocenters. The molecule has 5 heteroatoms. The van der Waals surface area contributed by atoms with Crippen LogP contribution < -0.4 is 5.32 Å². The van der Waals surface area contributed by atoms with E-state index >= 15 is 0 Å². The molecule has 1 fully saturated rings. The summed E-state index contributed by atoms with van der Waals surface area (Å²) in [4.78, 5) is 25.0. The number of benzene rings is 2. The molecule has 0 aliphatic carbocycles. The molecule has 1 aliphatic rings. The third-order valence-electron chi connectivity index (χ3n) is 4.34. The van der Waals surface area contributed by atoms with Crippen molar-refractivity contribution in [2.45, 2.75) is 18.8 Å². The Bertz CT molecular complexity index is 730. The average molecular weight is 324 g/mol. The highest BCUT2D eigenvalue weighted by Crippen LogP contribution is 2.27. The van der Waals surface area contributed by atoms with Gasteiger partial charge in [-0.3, -0.25) is 4.79 Å². The lowest BCUT2D eigenvalue weighted by Gasteiger charge is -2.31. The van der Waals surface area contributed by atoms with Gasteiger partial charge in [-0.25, -0.2) is 4.79 Å². The molecule has 2 aromatic rings. The molecular weight excluding hydrogens is 304 g/mol. The van der Waals surface area contributed by atoms with Crippen LogP contribution in [0.5, 0.6) is 0 Å². The van der Waals surface area contributed by atoms with Gasteiger partial charge < -0.3 is 15.3 Å². The topological polar surface area (TPSA) is 69.6 Å². The zero-order valence-corrected chi connectivity index (χ0v) is 13.3. The normalized spacial score (nSPS) is 17.3. The lowest BCUT2D eigenvalue weighted by atomic mass is 9.90. The Morgan fingerprint density at radius 1 is 1.08 bits per heavy atom. The van der Waals surface area contributed by atoms with Crippen molar-refractivity contribution >= 4 is 17.7 Å². The van der Waals surface area contributed by atoms with Crippen LogP contribution >= 0.6 is 0 Å². The van der Waals surface area contributed by atoms with E-state index in [2.05, 4.69) is 5.32 Å². The minimum atomic E-state index is -0.877. The first-order valence-electron chi connectivity index (χ1n) is 8.08. The summed E-state index contributed by atoms with van der Waals surface area (Å²) in [7, 11) is 0. The molecule has 2 N–H and O–H groups in total. The molecule has 0 spiro atoms. The predicted molar refractivity (Wildman–Crippen MR) is 92.4 cm³/mol. The van der Waals surface area contributed by atoms with Crippen molar-refractivity contribution in [3.63, 3.8) is 0 Å². The van der Waals surface area contributed by atoms with Crippen LogP contribution in [0.25, 0.3) is 0 Å². The molecule has 5 nitrogen and oxygen atoms in total. The zero-order chi connectivity index (χ0) is 16.9. The second-order valence-electron chi connectivity index (χ2n) is 6.01. The first kappa shape index (κ1) is 16.1. The Morgan fingerprint density at radius 3 is 2.62 bits per heavy atom. The van der Waals surface area contributed by atoms with Crippen LogP contribution in [0.2, 0.25) is 0 Å². The Morgan fingerprint density at radius 2 is 1.88 bits per heavy atom. The minimum Gasteiger partial charge on any atom is -0.465 e. The first-order chi connectivity index (χ1) is 11.6. The van der Waals surface area contributed by atoms with E-state index in [1.165, 1.54) is 4.90 Å². The summed E-state index contributed by atoms with van der Waals surface area (Å²) in [6.45, 7) is 1.07. The van der Waals surface area contributed by atoms with Crippen molar-refractivity contribution in [3.8, 4) is 0 Å². The monoisotopic (exact) mass is 324 g/mol. The molecule has 0 aromatic heterocycles. The van der Waals surface area contributed by atoms with E-state index in [9.17, 15) is 14.7 Å². The van der Waals surface area contributed by atoms with Gasteiger partial charge in [-0.15, -0.1) is 0 Å². The van der Waals surface area contributed by atoms with Crippen molar-refractivity contribution in [2.75, 3.05) is 18.4 Å². The quantitative estimate of drug-likeness (QED) is 0.902. The van der Waals surface area contributed by atoms with Gasteiger partial charge in [0.25, 0.3) is 5.91 Å². The smallest absolute Gasteiger partial charge is 0.407 e. The van der Waals surface area contributed by atoms with Crippen LogP contribution in [0.3, 0.4) is 0 Å². The Labute approximate surface area is 140 Å². The van der Waals surface area contributed by atoms with Crippen molar-refractivity contribution in [3.05, 3.63) is 65.7 Å². The fourth-order valence-electron chi connectivity index (χ4n) is 3.08. The van der Waals surface area contributed by atoms with Gasteiger partial charge in [0.05, 0.1) is 0 Å². The van der Waals surface area contributed by atoms with Crippen molar-refractivity contribution in [1.82, 2.24) is 4.90 Å². The van der Waals surface area contributed by atoms with Crippen LogP contribution in [0, 0.1) is 0 Å². The van der Waals surface area contributed by atoms with Gasteiger partial charge in [0.15, 0.2) is 0 Å². The molecule has 3 rings (SSSR count). The van der Waals surface area contributed by atoms with Crippen molar-refractivity contribution in [1.29, 1.82) is 0 Å². The Hall–Kier alpha value is -2.82. The van der Waals surface area contributed by atoms with Crippen LogP contribution in [-0.4, -0.2) is 35.1 Å². The van der Waals surface area contributed by atoms with Gasteiger partial charge in [0.2, 0.25) is 0 Å². The lowest BCUT2D eigenvalue weighted by molar-refractivity contribution is 0.102. The molecule has 2 aromatic carbocycles. The lowest BCUT2D eigenvalue weighted by Crippen LogP contribution is -2.38. The highest BCUT2D eigenvalue weighted by molar-refractivity contribution is 6.04. The summed E-state index contributed by atoms with van der Waals surface area (Å²) in [5.74, 6) is -0.0201. The molecule has 1 aliphatic heterocycles. The number of carboxylic acid groups (broad SMARTS) is 1. The standard InChI is InChI=1S/C19H20N2O3/c22-18(20-17-9-2-1-3-10-17)15-7-4-6-14(12-15)16-8-5-11-21(13-16)19(23)24/h1-4,6-7,9-10,12,16H,5,8,11,13H2,(H,20,22)(H,23,24). The highest BCUT2D eigenvalue weighted by Gasteiger charge is 2.24. The maximum Gasteiger partial charge on any atom is 0.407 e. The molecule has 0 bridgehead atoms. The van der Waals surface area contributed by atoms with E-state index in [0.717, 1.165) is 24.1 Å². The fourth-order valence-corrected chi connectivity index (χ4v) is 3.08. The summed E-state index contributed by atoms with van der Waals surface area (Å²) < 4.78 is 0. The van der Waals surface area contributed by atoms with Crippen LogP contribution in [-0.2, 0) is 0 Å². The summed E-state index contributed by atoms with van der Waals surface area (Å²) in [5.41, 5.74) is 2.35. The van der Waals surface area contributed by atoms with Crippen LogP contribution in [0.4, 0.5) is 10.5 Å². The second kappa shape index (κ2) is 7.17. The summed E-state index contributed by atoms with van der Waals surface area (Å²) in [6.07, 6.45) is 0.906. The van der Waals surface area contributed by atoms with Crippen LogP contribution in [0.15, 0.2) is 54.6 Å². The maximum atomic E-state index is 12.4. The van der Waals surface area contributed by atoms with E-state index in [-0.39, 0.29) is 11.8 Å². The number of carbonyl (C=O) groups is 2. The number of piperidine rings is 1. The molecule has 1 heterocycles. The molecule has 24 heavy (non-hydrogen) atoms. The first-order valence-corrected chi connectivity index (χ1v) is 8.08. The average Bonchev–Trinajstić information content (AvgIpc) is 2.63. The number of rotatable bonds is 3. The highest BCUT2D eigenvalue weighted by atomic mass is 16.4. The van der Waals surface area contributed by atoms with E-state index < -0.39 is 6.09 Å². The molecule has 124 valence electrons. The van der Waals surface area contributed by atoms with E-state index in [1.807, 2.05) is 48.5 Å². The van der Waals surface area contributed by atoms with Gasteiger partial charge in [0, 0.05) is 30.3 Å². The van der Waals surface area contributed by atoms with Gasteiger partial charge in [-0.05, 0) is 42.7 Å². The third kappa shape index (κ3) is 3.74. The number of anilines is 1. The fraction of sp³-hybridized carbons (Fsp3) is 0.263. The summed E-state index contributed by atoms with van der Waals surface area (Å²) in [5, 5.41) is 12.0. The molecule has 1 atom stereocenters. The van der Waals surface area contributed by atoms with Gasteiger partial charge in [-0.1, -0.05) is 30.3 Å². The number of hydrogen-bond acceptors (Lipinski definition) is 2. The molecule has 0 saturated carbocycles. The van der Waals surface area contributed by atoms with Gasteiger partial charge in [0.1, 0.15) is 0 Å². The number of carbonyl (C=O) groups excluding carboxylic acids is 1. The number of likely N-dealkylation sites (tertiary alicyclic amines) is 1. The van der Waals surface area contributed by atoms with E-state index in [1.54, 1.807) is 6.07 Å². The number of para-hydroxylation sites is 1. The molecule has 0 radical (unpaired) electrons. The number of hydrogen-bond donors (Lipinski definition) is 2. The van der Waals surface area contributed by atoms with Crippen molar-refractivity contribution in [2.24, 2.45) is 0 Å². The Kier molecular flexibility index (Phi) is 4.79. The van der Waals surface area contributed by atoms with Crippen LogP contribution in [0.1, 0.15) is 34.7 Å². The maximum absolute atomic E-state index is 12.4. The summed E-state index contributed by atoms with van der Waals surface area (Å²) in [6, 6.07) is 16.8. The number of amides is 2. The number of nitrogens with one attached hydrogen (secondary N) is 1. The Balaban J connectivity index is 1.74. The third-order valence-corrected chi connectivity index (χ3v) is 4.34. The molecular formula is C19H20N2O3. The van der Waals surface area contributed by atoms with Crippen molar-refractivity contribution < 1.29 is 14.7 Å². The SMILES string of the molecule is O=C(Nc1ccccc1)c1cccc(C2CCCN(C(=O)O)C2)c1. The zero-order valence-electron chi connectivity index (χ0n) is 13.3. The largest absolute Gasteiger partial charge is 0.465 e. The predicted octanol–water partition coefficient (Wildman–Crippen LogP) is 3.80. The molecule has 2 amide bonds.